The van der Waals surface area contributed by atoms with E-state index in [0.717, 1.165) is 42.1 Å². The molecule has 1 aliphatic rings. The van der Waals surface area contributed by atoms with Crippen LogP contribution in [0.3, 0.4) is 0 Å². The molecular weight excluding hydrogens is 284 g/mol. The van der Waals surface area contributed by atoms with Crippen molar-refractivity contribution in [3.63, 3.8) is 0 Å². The lowest BCUT2D eigenvalue weighted by molar-refractivity contribution is 0.0900. The largest absolute Gasteiger partial charge is 0.382 e. The first-order chi connectivity index (χ1) is 10.3. The molecule has 0 spiro atoms. The Morgan fingerprint density at radius 1 is 1.52 bits per heavy atom. The van der Waals surface area contributed by atoms with Crippen molar-refractivity contribution in [2.75, 3.05) is 24.2 Å². The Labute approximate surface area is 128 Å². The van der Waals surface area contributed by atoms with Crippen LogP contribution in [0.15, 0.2) is 24.5 Å². The maximum atomic E-state index is 6.02. The third-order valence-electron chi connectivity index (χ3n) is 3.94. The summed E-state index contributed by atoms with van der Waals surface area (Å²) in [5, 5.41) is 4.52. The Morgan fingerprint density at radius 2 is 2.43 bits per heavy atom. The summed E-state index contributed by atoms with van der Waals surface area (Å²) in [5.74, 6) is 1.12. The van der Waals surface area contributed by atoms with E-state index in [4.69, 9.17) is 10.5 Å². The van der Waals surface area contributed by atoms with E-state index in [-0.39, 0.29) is 0 Å². The van der Waals surface area contributed by atoms with Gasteiger partial charge in [-0.2, -0.15) is 4.37 Å². The summed E-state index contributed by atoms with van der Waals surface area (Å²) in [6.45, 7) is 3.94. The molecule has 1 fully saturated rings. The van der Waals surface area contributed by atoms with Crippen molar-refractivity contribution in [1.82, 2.24) is 9.36 Å². The third-order valence-corrected chi connectivity index (χ3v) is 4.76. The van der Waals surface area contributed by atoms with Crippen molar-refractivity contribution < 1.29 is 4.74 Å². The summed E-state index contributed by atoms with van der Waals surface area (Å²) >= 11 is 1.41. The Morgan fingerprint density at radius 3 is 3.19 bits per heavy atom. The van der Waals surface area contributed by atoms with Gasteiger partial charge in [-0.3, -0.25) is 4.98 Å². The number of aromatic nitrogens is 2. The zero-order chi connectivity index (χ0) is 14.7. The van der Waals surface area contributed by atoms with Crippen LogP contribution in [0.4, 0.5) is 10.8 Å². The third kappa shape index (κ3) is 3.01. The summed E-state index contributed by atoms with van der Waals surface area (Å²) < 4.78 is 10.0. The number of nitrogens with one attached hydrogen (secondary N) is 1. The molecule has 1 aliphatic heterocycles. The number of anilines is 2. The first-order valence-electron chi connectivity index (χ1n) is 7.30. The number of nitrogens with zero attached hydrogens (tertiary/aromatic N) is 2. The van der Waals surface area contributed by atoms with Crippen molar-refractivity contribution >= 4 is 22.4 Å². The number of hydrogen-bond donors (Lipinski definition) is 2. The van der Waals surface area contributed by atoms with E-state index in [1.165, 1.54) is 11.5 Å². The smallest absolute Gasteiger partial charge is 0.147 e. The molecule has 2 atom stereocenters. The number of nitrogen functional groups attached to an aromatic ring is 1. The average molecular weight is 304 g/mol. The Bertz CT molecular complexity index is 587. The summed E-state index contributed by atoms with van der Waals surface area (Å²) in [6, 6.07) is 3.92. The molecule has 0 bridgehead atoms. The van der Waals surface area contributed by atoms with Crippen LogP contribution in [0.5, 0.6) is 0 Å². The normalized spacial score (nSPS) is 21.6. The second kappa shape index (κ2) is 6.41. The molecule has 6 heteroatoms. The molecule has 0 aromatic carbocycles. The lowest BCUT2D eigenvalue weighted by Crippen LogP contribution is -2.22. The van der Waals surface area contributed by atoms with E-state index in [2.05, 4.69) is 21.6 Å². The molecule has 112 valence electrons. The predicted molar refractivity (Wildman–Crippen MR) is 86.4 cm³/mol. The summed E-state index contributed by atoms with van der Waals surface area (Å²) in [4.78, 5) is 4.16. The molecule has 5 nitrogen and oxygen atoms in total. The molecule has 0 aliphatic carbocycles. The van der Waals surface area contributed by atoms with Crippen LogP contribution < -0.4 is 11.1 Å². The van der Waals surface area contributed by atoms with E-state index in [1.54, 1.807) is 6.20 Å². The lowest BCUT2D eigenvalue weighted by atomic mass is 9.99. The minimum atomic E-state index is 0.365. The van der Waals surface area contributed by atoms with Crippen LogP contribution >= 0.6 is 11.5 Å². The first kappa shape index (κ1) is 14.3. The summed E-state index contributed by atoms with van der Waals surface area (Å²) in [6.07, 6.45) is 6.12. The standard InChI is InChI=1S/C15H20N4OS/c1-2-12-10(5-7-20-12)9-18-15-13(14(16)19-21-15)11-4-3-6-17-8-11/h3-4,6,8,10,12,18H,2,5,7,9H2,1H3,(H2,16,19). The van der Waals surface area contributed by atoms with Gasteiger partial charge in [-0.1, -0.05) is 13.0 Å². The van der Waals surface area contributed by atoms with Gasteiger partial charge >= 0.3 is 0 Å². The fourth-order valence-electron chi connectivity index (χ4n) is 2.81. The van der Waals surface area contributed by atoms with Gasteiger partial charge in [0, 0.05) is 37.0 Å². The van der Waals surface area contributed by atoms with E-state index >= 15 is 0 Å². The minimum Gasteiger partial charge on any atom is -0.382 e. The Kier molecular flexibility index (Phi) is 4.36. The van der Waals surface area contributed by atoms with Gasteiger partial charge in [0.15, 0.2) is 0 Å². The predicted octanol–water partition coefficient (Wildman–Crippen LogP) is 3.01. The van der Waals surface area contributed by atoms with E-state index in [1.807, 2.05) is 18.3 Å². The highest BCUT2D eigenvalue weighted by Gasteiger charge is 2.27. The molecule has 0 amide bonds. The van der Waals surface area contributed by atoms with Gasteiger partial charge in [0.2, 0.25) is 0 Å². The minimum absolute atomic E-state index is 0.365. The number of nitrogens with two attached hydrogens (primary N) is 1. The second-order valence-corrected chi connectivity index (χ2v) is 6.03. The second-order valence-electron chi connectivity index (χ2n) is 5.26. The van der Waals surface area contributed by atoms with E-state index in [0.29, 0.717) is 17.8 Å². The molecule has 1 saturated heterocycles. The lowest BCUT2D eigenvalue weighted by Gasteiger charge is -2.17. The van der Waals surface area contributed by atoms with Gasteiger partial charge < -0.3 is 15.8 Å². The van der Waals surface area contributed by atoms with Gasteiger partial charge in [-0.15, -0.1) is 0 Å². The fraction of sp³-hybridized carbons (Fsp3) is 0.467. The number of rotatable bonds is 5. The molecule has 3 N–H and O–H groups in total. The van der Waals surface area contributed by atoms with Crippen LogP contribution in [-0.2, 0) is 4.74 Å². The maximum absolute atomic E-state index is 6.02. The van der Waals surface area contributed by atoms with Crippen molar-refractivity contribution in [3.8, 4) is 11.1 Å². The Balaban J connectivity index is 1.75. The molecule has 21 heavy (non-hydrogen) atoms. The van der Waals surface area contributed by atoms with Gasteiger partial charge in [0.1, 0.15) is 10.8 Å². The van der Waals surface area contributed by atoms with Crippen LogP contribution in [0.1, 0.15) is 19.8 Å². The van der Waals surface area contributed by atoms with Gasteiger partial charge in [-0.05, 0) is 30.4 Å². The number of ether oxygens (including phenoxy) is 1. The molecule has 3 rings (SSSR count). The first-order valence-corrected chi connectivity index (χ1v) is 8.08. The zero-order valence-electron chi connectivity index (χ0n) is 12.1. The molecule has 0 radical (unpaired) electrons. The quantitative estimate of drug-likeness (QED) is 0.888. The van der Waals surface area contributed by atoms with Gasteiger partial charge in [0.05, 0.1) is 11.7 Å². The van der Waals surface area contributed by atoms with Crippen LogP contribution in [-0.4, -0.2) is 28.6 Å². The van der Waals surface area contributed by atoms with E-state index in [9.17, 15) is 0 Å². The van der Waals surface area contributed by atoms with Gasteiger partial charge in [-0.25, -0.2) is 0 Å². The molecule has 3 heterocycles. The highest BCUT2D eigenvalue weighted by Crippen LogP contribution is 2.36. The summed E-state index contributed by atoms with van der Waals surface area (Å²) in [5.41, 5.74) is 7.98. The highest BCUT2D eigenvalue weighted by molar-refractivity contribution is 7.11. The molecule has 2 unspecified atom stereocenters. The molecule has 0 saturated carbocycles. The molecule has 2 aromatic rings. The summed E-state index contributed by atoms with van der Waals surface area (Å²) in [7, 11) is 0. The topological polar surface area (TPSA) is 73.1 Å². The number of hydrogen-bond acceptors (Lipinski definition) is 6. The Hall–Kier alpha value is -1.66. The van der Waals surface area contributed by atoms with Crippen molar-refractivity contribution in [1.29, 1.82) is 0 Å². The average Bonchev–Trinajstić information content (AvgIpc) is 3.12. The van der Waals surface area contributed by atoms with Crippen molar-refractivity contribution in [3.05, 3.63) is 24.5 Å². The van der Waals surface area contributed by atoms with Crippen LogP contribution in [0.2, 0.25) is 0 Å². The van der Waals surface area contributed by atoms with Crippen LogP contribution in [0, 0.1) is 5.92 Å². The van der Waals surface area contributed by atoms with E-state index < -0.39 is 0 Å². The van der Waals surface area contributed by atoms with Crippen molar-refractivity contribution in [2.24, 2.45) is 5.92 Å². The molecular formula is C15H20N4OS. The monoisotopic (exact) mass is 304 g/mol. The highest BCUT2D eigenvalue weighted by atomic mass is 32.1. The molecule has 2 aromatic heterocycles. The zero-order valence-corrected chi connectivity index (χ0v) is 12.9. The van der Waals surface area contributed by atoms with Gasteiger partial charge in [0.25, 0.3) is 0 Å². The number of pyridine rings is 1. The SMILES string of the molecule is CCC1OCCC1CNc1snc(N)c1-c1cccnc1. The van der Waals surface area contributed by atoms with Crippen molar-refractivity contribution in [2.45, 2.75) is 25.9 Å². The maximum Gasteiger partial charge on any atom is 0.147 e. The fourth-order valence-corrected chi connectivity index (χ4v) is 3.56. The van der Waals surface area contributed by atoms with Crippen LogP contribution in [0.25, 0.3) is 11.1 Å².